The summed E-state index contributed by atoms with van der Waals surface area (Å²) >= 11 is 14.1. The van der Waals surface area contributed by atoms with Gasteiger partial charge in [-0.1, -0.05) is 41.4 Å². The Morgan fingerprint density at radius 2 is 1.59 bits per heavy atom. The molecule has 7 nitrogen and oxygen atoms in total. The summed E-state index contributed by atoms with van der Waals surface area (Å²) in [4.78, 5) is 47.0. The smallest absolute Gasteiger partial charge is 0.293 e. The van der Waals surface area contributed by atoms with Crippen LogP contribution >= 0.6 is 46.7 Å². The van der Waals surface area contributed by atoms with E-state index in [0.29, 0.717) is 42.7 Å². The summed E-state index contributed by atoms with van der Waals surface area (Å²) in [5.74, 6) is -0.637. The SMILES string of the molecule is COc1ccc(N=C2SC(=Cc3cccc(F)c3)C(=O)N2CCN2C(=O)SC(=Cc3ccc(Cl)cc3Cl)C2=O)cc1. The van der Waals surface area contributed by atoms with Gasteiger partial charge in [-0.2, -0.15) is 0 Å². The Morgan fingerprint density at radius 1 is 0.878 bits per heavy atom. The Kier molecular flexibility index (Phi) is 8.84. The highest BCUT2D eigenvalue weighted by Gasteiger charge is 2.38. The van der Waals surface area contributed by atoms with Crippen molar-refractivity contribution in [2.75, 3.05) is 20.2 Å². The van der Waals surface area contributed by atoms with Crippen molar-refractivity contribution in [3.8, 4) is 5.75 Å². The van der Waals surface area contributed by atoms with Crippen LogP contribution in [0.5, 0.6) is 5.75 Å². The number of halogens is 3. The van der Waals surface area contributed by atoms with Crippen molar-refractivity contribution >= 4 is 86.8 Å². The second kappa shape index (κ2) is 12.5. The second-order valence-corrected chi connectivity index (χ2v) is 11.6. The highest BCUT2D eigenvalue weighted by Crippen LogP contribution is 2.37. The summed E-state index contributed by atoms with van der Waals surface area (Å²) in [6, 6.07) is 17.7. The van der Waals surface area contributed by atoms with Gasteiger partial charge in [0.15, 0.2) is 5.17 Å². The Labute approximate surface area is 253 Å². The molecule has 0 saturated carbocycles. The zero-order chi connectivity index (χ0) is 29.1. The first-order chi connectivity index (χ1) is 19.7. The molecule has 5 rings (SSSR count). The maximum atomic E-state index is 13.8. The number of thioether (sulfide) groups is 2. The van der Waals surface area contributed by atoms with Gasteiger partial charge < -0.3 is 4.74 Å². The van der Waals surface area contributed by atoms with Crippen LogP contribution < -0.4 is 4.74 Å². The zero-order valence-electron chi connectivity index (χ0n) is 21.3. The molecule has 208 valence electrons. The summed E-state index contributed by atoms with van der Waals surface area (Å²) < 4.78 is 19.0. The Morgan fingerprint density at radius 3 is 2.29 bits per heavy atom. The van der Waals surface area contributed by atoms with Gasteiger partial charge in [0, 0.05) is 23.1 Å². The van der Waals surface area contributed by atoms with E-state index in [4.69, 9.17) is 27.9 Å². The van der Waals surface area contributed by atoms with Gasteiger partial charge in [0.1, 0.15) is 11.6 Å². The molecule has 2 heterocycles. The van der Waals surface area contributed by atoms with E-state index in [1.807, 2.05) is 0 Å². The minimum absolute atomic E-state index is 0.00827. The molecule has 2 aliphatic rings. The van der Waals surface area contributed by atoms with Crippen molar-refractivity contribution in [2.24, 2.45) is 4.99 Å². The largest absolute Gasteiger partial charge is 0.497 e. The van der Waals surface area contributed by atoms with E-state index in [2.05, 4.69) is 4.99 Å². The molecule has 0 aliphatic carbocycles. The minimum Gasteiger partial charge on any atom is -0.497 e. The maximum Gasteiger partial charge on any atom is 0.293 e. The van der Waals surface area contributed by atoms with Crippen LogP contribution in [0.25, 0.3) is 12.2 Å². The number of methoxy groups -OCH3 is 1. The quantitative estimate of drug-likeness (QED) is 0.253. The number of hydrogen-bond acceptors (Lipinski definition) is 7. The number of imide groups is 1. The van der Waals surface area contributed by atoms with Gasteiger partial charge >= 0.3 is 0 Å². The number of amidine groups is 1. The zero-order valence-corrected chi connectivity index (χ0v) is 24.5. The maximum absolute atomic E-state index is 13.8. The normalized spacial score (nSPS) is 18.4. The van der Waals surface area contributed by atoms with Gasteiger partial charge in [-0.05, 0) is 95.3 Å². The van der Waals surface area contributed by atoms with E-state index >= 15 is 0 Å². The lowest BCUT2D eigenvalue weighted by atomic mass is 10.2. The molecule has 2 saturated heterocycles. The Hall–Kier alpha value is -3.57. The fraction of sp³-hybridized carbons (Fsp3) is 0.103. The van der Waals surface area contributed by atoms with E-state index in [1.54, 1.807) is 67.8 Å². The van der Waals surface area contributed by atoms with Crippen LogP contribution in [0.15, 0.2) is 81.5 Å². The molecular formula is C29H20Cl2FN3O4S2. The monoisotopic (exact) mass is 627 g/mol. The molecule has 0 aromatic heterocycles. The molecule has 0 spiro atoms. The summed E-state index contributed by atoms with van der Waals surface area (Å²) in [6.45, 7) is -0.0497. The van der Waals surface area contributed by atoms with Gasteiger partial charge in [-0.25, -0.2) is 9.38 Å². The summed E-state index contributed by atoms with van der Waals surface area (Å²) in [7, 11) is 1.56. The molecule has 0 atom stereocenters. The minimum atomic E-state index is -0.491. The van der Waals surface area contributed by atoms with Crippen LogP contribution in [-0.4, -0.2) is 52.2 Å². The number of amides is 3. The molecule has 0 bridgehead atoms. The van der Waals surface area contributed by atoms with Crippen LogP contribution in [0, 0.1) is 5.82 Å². The molecule has 2 fully saturated rings. The van der Waals surface area contributed by atoms with Crippen molar-refractivity contribution < 1.29 is 23.5 Å². The lowest BCUT2D eigenvalue weighted by molar-refractivity contribution is -0.125. The third kappa shape index (κ3) is 6.68. The first kappa shape index (κ1) is 28.9. The van der Waals surface area contributed by atoms with Crippen molar-refractivity contribution in [1.29, 1.82) is 0 Å². The molecule has 0 unspecified atom stereocenters. The van der Waals surface area contributed by atoms with Crippen molar-refractivity contribution in [1.82, 2.24) is 9.80 Å². The van der Waals surface area contributed by atoms with E-state index < -0.39 is 17.0 Å². The van der Waals surface area contributed by atoms with Gasteiger partial charge in [0.25, 0.3) is 17.1 Å². The second-order valence-electron chi connectivity index (χ2n) is 8.71. The van der Waals surface area contributed by atoms with E-state index in [-0.39, 0.29) is 23.9 Å². The van der Waals surface area contributed by atoms with Crippen LogP contribution in [-0.2, 0) is 9.59 Å². The fourth-order valence-electron chi connectivity index (χ4n) is 3.96. The standard InChI is InChI=1S/C29H20Cl2FN3O4S2/c1-39-22-9-7-21(8-10-22)33-28-34(26(36)24(40-28)14-17-3-2-4-20(32)13-17)11-12-35-27(37)25(41-29(35)38)15-18-5-6-19(30)16-23(18)31/h2-10,13-16H,11-12H2,1H3. The van der Waals surface area contributed by atoms with E-state index in [0.717, 1.165) is 28.4 Å². The highest BCUT2D eigenvalue weighted by atomic mass is 35.5. The number of carbonyl (C=O) groups is 3. The molecule has 3 aromatic rings. The first-order valence-electron chi connectivity index (χ1n) is 12.1. The first-order valence-corrected chi connectivity index (χ1v) is 14.5. The van der Waals surface area contributed by atoms with Crippen molar-refractivity contribution in [2.45, 2.75) is 0 Å². The van der Waals surface area contributed by atoms with Crippen molar-refractivity contribution in [3.63, 3.8) is 0 Å². The molecule has 3 amide bonds. The summed E-state index contributed by atoms with van der Waals surface area (Å²) in [6.07, 6.45) is 3.12. The number of benzene rings is 3. The summed E-state index contributed by atoms with van der Waals surface area (Å²) in [5.41, 5.74) is 1.64. The lowest BCUT2D eigenvalue weighted by Crippen LogP contribution is -2.39. The average Bonchev–Trinajstić information content (AvgIpc) is 3.38. The fourth-order valence-corrected chi connectivity index (χ4v) is 6.30. The number of carbonyl (C=O) groups excluding carboxylic acids is 3. The van der Waals surface area contributed by atoms with Gasteiger partial charge in [-0.3, -0.25) is 24.2 Å². The molecule has 0 N–H and O–H groups in total. The Bertz CT molecular complexity index is 1640. The van der Waals surface area contributed by atoms with Crippen LogP contribution in [0.2, 0.25) is 10.0 Å². The predicted octanol–water partition coefficient (Wildman–Crippen LogP) is 7.48. The van der Waals surface area contributed by atoms with E-state index in [9.17, 15) is 18.8 Å². The molecule has 12 heteroatoms. The lowest BCUT2D eigenvalue weighted by Gasteiger charge is -2.19. The molecule has 0 radical (unpaired) electrons. The molecule has 2 aliphatic heterocycles. The van der Waals surface area contributed by atoms with Crippen LogP contribution in [0.3, 0.4) is 0 Å². The number of ether oxygens (including phenoxy) is 1. The average molecular weight is 629 g/mol. The number of aliphatic imine (C=N–C) groups is 1. The highest BCUT2D eigenvalue weighted by molar-refractivity contribution is 8.19. The third-order valence-corrected chi connectivity index (χ3v) is 8.48. The van der Waals surface area contributed by atoms with Crippen LogP contribution in [0.4, 0.5) is 14.9 Å². The van der Waals surface area contributed by atoms with E-state index in [1.165, 1.54) is 23.1 Å². The number of nitrogens with zero attached hydrogens (tertiary/aromatic N) is 3. The number of hydrogen-bond donors (Lipinski definition) is 0. The Balaban J connectivity index is 1.39. The summed E-state index contributed by atoms with van der Waals surface area (Å²) in [5, 5.41) is 0.695. The predicted molar refractivity (Wildman–Crippen MR) is 163 cm³/mol. The van der Waals surface area contributed by atoms with Crippen LogP contribution in [0.1, 0.15) is 11.1 Å². The topological polar surface area (TPSA) is 79.3 Å². The molecule has 3 aromatic carbocycles. The van der Waals surface area contributed by atoms with Crippen molar-refractivity contribution in [3.05, 3.63) is 104 Å². The molecular weight excluding hydrogens is 608 g/mol. The van der Waals surface area contributed by atoms with Gasteiger partial charge in [0.05, 0.1) is 22.6 Å². The van der Waals surface area contributed by atoms with Gasteiger partial charge in [-0.15, -0.1) is 0 Å². The number of rotatable bonds is 7. The molecule has 41 heavy (non-hydrogen) atoms. The third-order valence-electron chi connectivity index (χ3n) is 6.00. The van der Waals surface area contributed by atoms with Gasteiger partial charge in [0.2, 0.25) is 0 Å².